The zero-order chi connectivity index (χ0) is 15.7. The Balaban J connectivity index is 3.03. The van der Waals surface area contributed by atoms with E-state index < -0.39 is 5.54 Å². The molecule has 2 unspecified atom stereocenters. The number of hydrogen-bond acceptors (Lipinski definition) is 2. The van der Waals surface area contributed by atoms with Crippen LogP contribution in [0.25, 0.3) is 0 Å². The smallest absolute Gasteiger partial charge is 0.248 e. The highest BCUT2D eigenvalue weighted by Gasteiger charge is 2.47. The van der Waals surface area contributed by atoms with E-state index in [1.165, 1.54) is 0 Å². The molecule has 1 fully saturated rings. The van der Waals surface area contributed by atoms with Crippen LogP contribution in [-0.4, -0.2) is 34.8 Å². The lowest BCUT2D eigenvalue weighted by atomic mass is 9.80. The first kappa shape index (κ1) is 17.0. The molecule has 0 aliphatic carbocycles. The fourth-order valence-corrected chi connectivity index (χ4v) is 2.53. The Morgan fingerprint density at radius 1 is 1.25 bits per heavy atom. The van der Waals surface area contributed by atoms with Crippen LogP contribution in [0.15, 0.2) is 0 Å². The third kappa shape index (κ3) is 2.99. The minimum atomic E-state index is -0.707. The molecule has 2 atom stereocenters. The Bertz CT molecular complexity index is 380. The van der Waals surface area contributed by atoms with Crippen LogP contribution in [0.5, 0.6) is 0 Å². The Morgan fingerprint density at radius 2 is 1.75 bits per heavy atom. The summed E-state index contributed by atoms with van der Waals surface area (Å²) in [5.41, 5.74) is -0.587. The quantitative estimate of drug-likeness (QED) is 0.861. The van der Waals surface area contributed by atoms with Gasteiger partial charge in [0.15, 0.2) is 0 Å². The van der Waals surface area contributed by atoms with E-state index in [9.17, 15) is 9.59 Å². The topological polar surface area (TPSA) is 49.4 Å². The second kappa shape index (κ2) is 5.74. The molecule has 2 amide bonds. The van der Waals surface area contributed by atoms with Gasteiger partial charge in [0.1, 0.15) is 11.6 Å². The van der Waals surface area contributed by atoms with Gasteiger partial charge in [-0.3, -0.25) is 9.59 Å². The number of carbonyl (C=O) groups excluding carboxylic acids is 2. The van der Waals surface area contributed by atoms with Gasteiger partial charge in [-0.1, -0.05) is 41.5 Å². The van der Waals surface area contributed by atoms with Gasteiger partial charge < -0.3 is 10.2 Å². The summed E-state index contributed by atoms with van der Waals surface area (Å²) < 4.78 is 0. The highest BCUT2D eigenvalue weighted by molar-refractivity contribution is 5.99. The fraction of sp³-hybridized carbons (Fsp3) is 0.875. The van der Waals surface area contributed by atoms with Crippen molar-refractivity contribution in [2.75, 3.05) is 6.54 Å². The number of nitrogens with one attached hydrogen (secondary N) is 1. The molecule has 1 rings (SSSR count). The van der Waals surface area contributed by atoms with E-state index in [0.29, 0.717) is 25.3 Å². The first-order valence-corrected chi connectivity index (χ1v) is 7.72. The molecule has 20 heavy (non-hydrogen) atoms. The highest BCUT2D eigenvalue weighted by Crippen LogP contribution is 2.30. The van der Waals surface area contributed by atoms with Crippen molar-refractivity contribution < 1.29 is 9.59 Å². The Labute approximate surface area is 123 Å². The van der Waals surface area contributed by atoms with Gasteiger partial charge in [-0.25, -0.2) is 0 Å². The van der Waals surface area contributed by atoms with E-state index >= 15 is 0 Å². The zero-order valence-corrected chi connectivity index (χ0v) is 14.0. The molecule has 1 N–H and O–H groups in total. The molecule has 0 radical (unpaired) electrons. The molecule has 1 saturated heterocycles. The van der Waals surface area contributed by atoms with E-state index in [2.05, 4.69) is 33.0 Å². The maximum absolute atomic E-state index is 12.8. The number of amides is 2. The molecule has 0 spiro atoms. The van der Waals surface area contributed by atoms with Crippen LogP contribution in [0.4, 0.5) is 0 Å². The molecule has 1 heterocycles. The molecule has 0 bridgehead atoms. The molecule has 4 nitrogen and oxygen atoms in total. The molecule has 0 aromatic rings. The average Bonchev–Trinajstić information content (AvgIpc) is 2.37. The Morgan fingerprint density at radius 3 is 2.15 bits per heavy atom. The van der Waals surface area contributed by atoms with E-state index in [0.717, 1.165) is 0 Å². The molecule has 1 aliphatic heterocycles. The molecule has 0 saturated carbocycles. The lowest BCUT2D eigenvalue weighted by Crippen LogP contribution is -2.70. The normalized spacial score (nSPS) is 24.6. The minimum Gasteiger partial charge on any atom is -0.340 e. The van der Waals surface area contributed by atoms with Gasteiger partial charge in [-0.05, 0) is 31.1 Å². The van der Waals surface area contributed by atoms with Crippen molar-refractivity contribution >= 4 is 11.8 Å². The lowest BCUT2D eigenvalue weighted by molar-refractivity contribution is -0.156. The summed E-state index contributed by atoms with van der Waals surface area (Å²) in [6.07, 6.45) is 1.28. The van der Waals surface area contributed by atoms with E-state index in [-0.39, 0.29) is 23.3 Å². The molecule has 1 aliphatic rings. The van der Waals surface area contributed by atoms with Crippen molar-refractivity contribution in [3.63, 3.8) is 0 Å². The monoisotopic (exact) mass is 282 g/mol. The summed E-state index contributed by atoms with van der Waals surface area (Å²) in [5, 5.41) is 2.94. The highest BCUT2D eigenvalue weighted by atomic mass is 16.2. The van der Waals surface area contributed by atoms with E-state index in [1.54, 1.807) is 4.90 Å². The van der Waals surface area contributed by atoms with Crippen LogP contribution in [0, 0.1) is 11.3 Å². The average molecular weight is 282 g/mol. The predicted octanol–water partition coefficient (Wildman–Crippen LogP) is 2.57. The maximum Gasteiger partial charge on any atom is 0.248 e. The second-order valence-corrected chi connectivity index (χ2v) is 7.18. The minimum absolute atomic E-state index is 0.0330. The van der Waals surface area contributed by atoms with Gasteiger partial charge in [0, 0.05) is 6.54 Å². The fourth-order valence-electron chi connectivity index (χ4n) is 2.53. The van der Waals surface area contributed by atoms with Gasteiger partial charge in [-0.15, -0.1) is 0 Å². The van der Waals surface area contributed by atoms with Crippen LogP contribution in [0.2, 0.25) is 0 Å². The van der Waals surface area contributed by atoms with Crippen molar-refractivity contribution in [3.05, 3.63) is 0 Å². The summed E-state index contributed by atoms with van der Waals surface area (Å²) in [5.74, 6) is 0.381. The number of nitrogens with zero attached hydrogens (tertiary/aromatic N) is 1. The molecule has 116 valence electrons. The maximum atomic E-state index is 12.8. The van der Waals surface area contributed by atoms with Gasteiger partial charge in [-0.2, -0.15) is 0 Å². The number of hydrogen-bond donors (Lipinski definition) is 1. The SMILES string of the molecule is CCC1(CC)NC(=O)C(C)N(CC(C)C(C)(C)C)C1=O. The van der Waals surface area contributed by atoms with Gasteiger partial charge in [0.25, 0.3) is 0 Å². The van der Waals surface area contributed by atoms with Crippen molar-refractivity contribution in [1.29, 1.82) is 0 Å². The molecule has 0 aromatic heterocycles. The summed E-state index contributed by atoms with van der Waals surface area (Å²) >= 11 is 0. The van der Waals surface area contributed by atoms with Crippen LogP contribution >= 0.6 is 0 Å². The second-order valence-electron chi connectivity index (χ2n) is 7.18. The van der Waals surface area contributed by atoms with Gasteiger partial charge in [0.05, 0.1) is 0 Å². The van der Waals surface area contributed by atoms with E-state index in [1.807, 2.05) is 20.8 Å². The van der Waals surface area contributed by atoms with Crippen LogP contribution in [-0.2, 0) is 9.59 Å². The molecule has 4 heteroatoms. The zero-order valence-electron chi connectivity index (χ0n) is 14.0. The number of carbonyl (C=O) groups is 2. The van der Waals surface area contributed by atoms with Crippen LogP contribution in [0.1, 0.15) is 61.3 Å². The van der Waals surface area contributed by atoms with Crippen LogP contribution < -0.4 is 5.32 Å². The van der Waals surface area contributed by atoms with Gasteiger partial charge >= 0.3 is 0 Å². The summed E-state index contributed by atoms with van der Waals surface area (Å²) in [6.45, 7) is 15.0. The lowest BCUT2D eigenvalue weighted by Gasteiger charge is -2.46. The summed E-state index contributed by atoms with van der Waals surface area (Å²) in [4.78, 5) is 26.8. The van der Waals surface area contributed by atoms with Crippen LogP contribution in [0.3, 0.4) is 0 Å². The molecular weight excluding hydrogens is 252 g/mol. The third-order valence-electron chi connectivity index (χ3n) is 5.04. The summed E-state index contributed by atoms with van der Waals surface area (Å²) in [7, 11) is 0. The molecule has 0 aromatic carbocycles. The van der Waals surface area contributed by atoms with Crippen molar-refractivity contribution in [3.8, 4) is 0 Å². The largest absolute Gasteiger partial charge is 0.340 e. The summed E-state index contributed by atoms with van der Waals surface area (Å²) in [6, 6.07) is -0.376. The van der Waals surface area contributed by atoms with Crippen molar-refractivity contribution in [2.45, 2.75) is 72.9 Å². The standard InChI is InChI=1S/C16H30N2O2/c1-8-16(9-2)14(20)18(12(4)13(19)17-16)10-11(3)15(5,6)7/h11-12H,8-10H2,1-7H3,(H,17,19). The first-order chi connectivity index (χ1) is 9.09. The van der Waals surface area contributed by atoms with Crippen molar-refractivity contribution in [1.82, 2.24) is 10.2 Å². The first-order valence-electron chi connectivity index (χ1n) is 7.72. The predicted molar refractivity (Wildman–Crippen MR) is 81.2 cm³/mol. The van der Waals surface area contributed by atoms with E-state index in [4.69, 9.17) is 0 Å². The number of piperazine rings is 1. The van der Waals surface area contributed by atoms with Gasteiger partial charge in [0.2, 0.25) is 11.8 Å². The number of rotatable bonds is 4. The Kier molecular flexibility index (Phi) is 4.88. The third-order valence-corrected chi connectivity index (χ3v) is 5.04. The molecular formula is C16H30N2O2. The van der Waals surface area contributed by atoms with Crippen molar-refractivity contribution in [2.24, 2.45) is 11.3 Å². The Hall–Kier alpha value is -1.06.